The molecule has 1 saturated carbocycles. The van der Waals surface area contributed by atoms with Crippen LogP contribution in [0.2, 0.25) is 0 Å². The normalized spacial score (nSPS) is 14.5. The molecule has 0 saturated heterocycles. The van der Waals surface area contributed by atoms with Gasteiger partial charge in [-0.15, -0.1) is 11.8 Å². The monoisotopic (exact) mass is 253 g/mol. The molecule has 0 unspecified atom stereocenters. The maximum absolute atomic E-state index is 11.8. The van der Waals surface area contributed by atoms with Crippen molar-refractivity contribution in [1.82, 2.24) is 9.97 Å². The number of carbonyl (C=O) groups is 1. The highest BCUT2D eigenvalue weighted by Crippen LogP contribution is 2.26. The van der Waals surface area contributed by atoms with Crippen molar-refractivity contribution in [2.45, 2.75) is 30.8 Å². The first-order valence-corrected chi connectivity index (χ1v) is 6.81. The fraction of sp³-hybridized carbons (Fsp3) is 0.545. The van der Waals surface area contributed by atoms with Crippen molar-refractivity contribution in [2.75, 3.05) is 18.2 Å². The zero-order valence-corrected chi connectivity index (χ0v) is 10.7. The molecular weight excluding hydrogens is 238 g/mol. The van der Waals surface area contributed by atoms with Gasteiger partial charge in [0.2, 0.25) is 0 Å². The first-order chi connectivity index (χ1) is 8.24. The van der Waals surface area contributed by atoms with Gasteiger partial charge in [-0.05, 0) is 26.0 Å². The Kier molecular flexibility index (Phi) is 3.83. The fourth-order valence-electron chi connectivity index (χ4n) is 1.34. The summed E-state index contributed by atoms with van der Waals surface area (Å²) in [6.07, 6.45) is 5.80. The molecule has 1 aromatic heterocycles. The first-order valence-electron chi connectivity index (χ1n) is 5.59. The average molecular weight is 253 g/mol. The van der Waals surface area contributed by atoms with E-state index < -0.39 is 5.97 Å². The Balaban J connectivity index is 2.25. The van der Waals surface area contributed by atoms with Gasteiger partial charge in [-0.2, -0.15) is 0 Å². The van der Waals surface area contributed by atoms with E-state index in [2.05, 4.69) is 15.3 Å². The standard InChI is InChI=1S/C11H15N3O2S/c1-3-16-11(15)9-10(13-7-4-5-7)12-6-8(14-9)17-2/h6-7H,3-5H2,1-2H3,(H,12,13). The van der Waals surface area contributed by atoms with Crippen LogP contribution >= 0.6 is 11.8 Å². The summed E-state index contributed by atoms with van der Waals surface area (Å²) in [5, 5.41) is 3.91. The number of nitrogens with zero attached hydrogens (tertiary/aromatic N) is 2. The molecule has 0 atom stereocenters. The molecule has 6 heteroatoms. The Labute approximate surface area is 104 Å². The molecule has 0 amide bonds. The van der Waals surface area contributed by atoms with E-state index in [-0.39, 0.29) is 5.69 Å². The van der Waals surface area contributed by atoms with Crippen molar-refractivity contribution in [1.29, 1.82) is 0 Å². The molecule has 0 aromatic carbocycles. The molecule has 1 aliphatic rings. The SMILES string of the molecule is CCOC(=O)c1nc(SC)cnc1NC1CC1. The van der Waals surface area contributed by atoms with Crippen molar-refractivity contribution in [3.05, 3.63) is 11.9 Å². The van der Waals surface area contributed by atoms with Gasteiger partial charge in [-0.25, -0.2) is 14.8 Å². The average Bonchev–Trinajstić information content (AvgIpc) is 3.14. The number of esters is 1. The minimum absolute atomic E-state index is 0.283. The minimum Gasteiger partial charge on any atom is -0.461 e. The van der Waals surface area contributed by atoms with Crippen LogP contribution in [-0.4, -0.2) is 34.8 Å². The van der Waals surface area contributed by atoms with E-state index in [0.29, 0.717) is 18.5 Å². The summed E-state index contributed by atoms with van der Waals surface area (Å²) < 4.78 is 4.98. The molecule has 5 nitrogen and oxygen atoms in total. The number of ether oxygens (including phenoxy) is 1. The minimum atomic E-state index is -0.418. The summed E-state index contributed by atoms with van der Waals surface area (Å²) in [7, 11) is 0. The van der Waals surface area contributed by atoms with E-state index in [1.54, 1.807) is 13.1 Å². The molecule has 1 heterocycles. The van der Waals surface area contributed by atoms with Crippen LogP contribution in [-0.2, 0) is 4.74 Å². The lowest BCUT2D eigenvalue weighted by molar-refractivity contribution is 0.0519. The zero-order valence-electron chi connectivity index (χ0n) is 9.90. The first kappa shape index (κ1) is 12.2. The summed E-state index contributed by atoms with van der Waals surface area (Å²) in [6.45, 7) is 2.12. The van der Waals surface area contributed by atoms with Gasteiger partial charge in [0.15, 0.2) is 11.5 Å². The molecule has 0 aliphatic heterocycles. The van der Waals surface area contributed by atoms with Gasteiger partial charge in [-0.3, -0.25) is 0 Å². The topological polar surface area (TPSA) is 64.1 Å². The van der Waals surface area contributed by atoms with Gasteiger partial charge in [0.25, 0.3) is 0 Å². The van der Waals surface area contributed by atoms with Crippen LogP contribution in [0.25, 0.3) is 0 Å². The number of carbonyl (C=O) groups excluding carboxylic acids is 1. The second kappa shape index (κ2) is 5.35. The molecule has 0 bridgehead atoms. The van der Waals surface area contributed by atoms with Crippen molar-refractivity contribution in [3.8, 4) is 0 Å². The smallest absolute Gasteiger partial charge is 0.360 e. The Hall–Kier alpha value is -1.30. The predicted octanol–water partition coefficient (Wildman–Crippen LogP) is 1.95. The van der Waals surface area contributed by atoms with E-state index in [1.807, 2.05) is 6.26 Å². The van der Waals surface area contributed by atoms with Crippen LogP contribution in [0, 0.1) is 0 Å². The lowest BCUT2D eigenvalue weighted by Gasteiger charge is -2.09. The third-order valence-electron chi connectivity index (χ3n) is 2.35. The van der Waals surface area contributed by atoms with E-state index in [4.69, 9.17) is 4.74 Å². The molecule has 1 N–H and O–H groups in total. The van der Waals surface area contributed by atoms with Crippen molar-refractivity contribution in [2.24, 2.45) is 0 Å². The highest BCUT2D eigenvalue weighted by molar-refractivity contribution is 7.98. The molecule has 1 aliphatic carbocycles. The Morgan fingerprint density at radius 3 is 3.00 bits per heavy atom. The van der Waals surface area contributed by atoms with E-state index >= 15 is 0 Å². The number of hydrogen-bond acceptors (Lipinski definition) is 6. The van der Waals surface area contributed by atoms with Crippen molar-refractivity contribution >= 4 is 23.5 Å². The molecule has 0 radical (unpaired) electrons. The van der Waals surface area contributed by atoms with Gasteiger partial charge in [0, 0.05) is 6.04 Å². The third kappa shape index (κ3) is 3.09. The number of thioether (sulfide) groups is 1. The summed E-state index contributed by atoms with van der Waals surface area (Å²) in [6, 6.07) is 0.428. The molecular formula is C11H15N3O2S. The Morgan fingerprint density at radius 2 is 2.41 bits per heavy atom. The number of anilines is 1. The molecule has 92 valence electrons. The second-order valence-corrected chi connectivity index (χ2v) is 4.58. The lowest BCUT2D eigenvalue weighted by Crippen LogP contribution is -2.14. The molecule has 1 aromatic rings. The highest BCUT2D eigenvalue weighted by Gasteiger charge is 2.25. The third-order valence-corrected chi connectivity index (χ3v) is 2.96. The number of aromatic nitrogens is 2. The summed E-state index contributed by atoms with van der Waals surface area (Å²) in [4.78, 5) is 20.3. The van der Waals surface area contributed by atoms with Gasteiger partial charge in [0.05, 0.1) is 12.8 Å². The Bertz CT molecular complexity index is 421. The zero-order chi connectivity index (χ0) is 12.3. The van der Waals surface area contributed by atoms with Crippen LogP contribution in [0.3, 0.4) is 0 Å². The molecule has 1 fully saturated rings. The van der Waals surface area contributed by atoms with Gasteiger partial charge in [-0.1, -0.05) is 0 Å². The van der Waals surface area contributed by atoms with Crippen LogP contribution in [0.15, 0.2) is 11.2 Å². The number of nitrogens with one attached hydrogen (secondary N) is 1. The lowest BCUT2D eigenvalue weighted by atomic mass is 10.4. The maximum Gasteiger partial charge on any atom is 0.360 e. The van der Waals surface area contributed by atoms with Crippen LogP contribution in [0.1, 0.15) is 30.3 Å². The fourth-order valence-corrected chi connectivity index (χ4v) is 1.68. The molecule has 17 heavy (non-hydrogen) atoms. The number of rotatable bonds is 5. The van der Waals surface area contributed by atoms with E-state index in [9.17, 15) is 4.79 Å². The molecule has 0 spiro atoms. The van der Waals surface area contributed by atoms with Gasteiger partial charge in [0.1, 0.15) is 5.03 Å². The predicted molar refractivity (Wildman–Crippen MR) is 66.4 cm³/mol. The summed E-state index contributed by atoms with van der Waals surface area (Å²) in [5.74, 6) is 0.114. The quantitative estimate of drug-likeness (QED) is 0.639. The van der Waals surface area contributed by atoms with Crippen LogP contribution < -0.4 is 5.32 Å². The summed E-state index contributed by atoms with van der Waals surface area (Å²) in [5.41, 5.74) is 0.283. The molecule has 2 rings (SSSR count). The number of hydrogen-bond donors (Lipinski definition) is 1. The Morgan fingerprint density at radius 1 is 1.65 bits per heavy atom. The second-order valence-electron chi connectivity index (χ2n) is 3.75. The van der Waals surface area contributed by atoms with E-state index in [1.165, 1.54) is 11.8 Å². The van der Waals surface area contributed by atoms with Gasteiger partial charge >= 0.3 is 5.97 Å². The largest absolute Gasteiger partial charge is 0.461 e. The van der Waals surface area contributed by atoms with Crippen molar-refractivity contribution in [3.63, 3.8) is 0 Å². The van der Waals surface area contributed by atoms with Gasteiger partial charge < -0.3 is 10.1 Å². The van der Waals surface area contributed by atoms with E-state index in [0.717, 1.165) is 17.9 Å². The summed E-state index contributed by atoms with van der Waals surface area (Å²) >= 11 is 1.45. The highest BCUT2D eigenvalue weighted by atomic mass is 32.2. The maximum atomic E-state index is 11.8. The van der Waals surface area contributed by atoms with Crippen LogP contribution in [0.4, 0.5) is 5.82 Å². The van der Waals surface area contributed by atoms with Crippen LogP contribution in [0.5, 0.6) is 0 Å². The van der Waals surface area contributed by atoms with Crippen molar-refractivity contribution < 1.29 is 9.53 Å².